The Kier molecular flexibility index (Phi) is 6.13. The van der Waals surface area contributed by atoms with E-state index >= 15 is 0 Å². The first-order valence-corrected chi connectivity index (χ1v) is 9.87. The number of amides is 1. The van der Waals surface area contributed by atoms with Gasteiger partial charge in [0.25, 0.3) is 5.56 Å². The first kappa shape index (κ1) is 20.1. The lowest BCUT2D eigenvalue weighted by molar-refractivity contribution is -0.116. The number of rotatable bonds is 7. The molecule has 28 heavy (non-hydrogen) atoms. The lowest BCUT2D eigenvalue weighted by atomic mass is 9.86. The smallest absolute Gasteiger partial charge is 0.257 e. The molecule has 2 aromatic rings. The molecule has 0 radical (unpaired) electrons. The van der Waals surface area contributed by atoms with E-state index in [2.05, 4.69) is 15.3 Å². The highest BCUT2D eigenvalue weighted by molar-refractivity contribution is 7.99. The van der Waals surface area contributed by atoms with Crippen molar-refractivity contribution in [1.29, 1.82) is 0 Å². The van der Waals surface area contributed by atoms with Gasteiger partial charge in [-0.05, 0) is 24.1 Å². The molecule has 2 N–H and O–H groups in total. The third-order valence-electron chi connectivity index (χ3n) is 4.46. The van der Waals surface area contributed by atoms with Gasteiger partial charge in [0.05, 0.1) is 26.9 Å². The summed E-state index contributed by atoms with van der Waals surface area (Å²) in [7, 11) is 4.57. The number of carbonyl (C=O) groups excluding carboxylic acids is 1. The Hall–Kier alpha value is -2.68. The van der Waals surface area contributed by atoms with Gasteiger partial charge in [-0.1, -0.05) is 18.7 Å². The number of benzene rings is 1. The fourth-order valence-corrected chi connectivity index (χ4v) is 3.92. The molecule has 0 saturated heterocycles. The number of aromatic amines is 1. The number of aromatic nitrogens is 2. The lowest BCUT2D eigenvalue weighted by Gasteiger charge is -2.25. The summed E-state index contributed by atoms with van der Waals surface area (Å²) in [6.07, 6.45) is 1.07. The molecule has 8 nitrogen and oxygen atoms in total. The minimum atomic E-state index is -0.473. The van der Waals surface area contributed by atoms with E-state index in [0.717, 1.165) is 12.2 Å². The molecule has 0 saturated carbocycles. The van der Waals surface area contributed by atoms with Gasteiger partial charge in [0, 0.05) is 18.1 Å². The maximum absolute atomic E-state index is 12.8. The van der Waals surface area contributed by atoms with E-state index in [1.54, 1.807) is 12.1 Å². The van der Waals surface area contributed by atoms with Gasteiger partial charge >= 0.3 is 0 Å². The molecule has 0 aliphatic carbocycles. The Balaban J connectivity index is 2.12. The molecule has 2 heterocycles. The molecule has 150 valence electrons. The van der Waals surface area contributed by atoms with E-state index in [4.69, 9.17) is 14.2 Å². The zero-order valence-corrected chi connectivity index (χ0v) is 17.1. The number of nitrogens with one attached hydrogen (secondary N) is 2. The van der Waals surface area contributed by atoms with Crippen molar-refractivity contribution in [3.63, 3.8) is 0 Å². The standard InChI is InChI=1S/C19H23N3O5S/c1-5-6-28-19-21-17-15(18(24)22-19)11(9-14(23)20-17)10-7-12(25-2)16(27-4)13(8-10)26-3/h7-8,11H,5-6,9H2,1-4H3,(H2,20,21,22,23,24)/t11-/m0/s1. The third-order valence-corrected chi connectivity index (χ3v) is 5.54. The van der Waals surface area contributed by atoms with Crippen LogP contribution in [0.2, 0.25) is 0 Å². The Morgan fingerprint density at radius 2 is 1.82 bits per heavy atom. The Labute approximate surface area is 167 Å². The predicted octanol–water partition coefficient (Wildman–Crippen LogP) is 2.77. The lowest BCUT2D eigenvalue weighted by Crippen LogP contribution is -2.31. The highest BCUT2D eigenvalue weighted by Gasteiger charge is 2.32. The molecule has 9 heteroatoms. The van der Waals surface area contributed by atoms with E-state index in [-0.39, 0.29) is 17.9 Å². The number of methoxy groups -OCH3 is 3. The number of anilines is 1. The van der Waals surface area contributed by atoms with Crippen LogP contribution >= 0.6 is 11.8 Å². The van der Waals surface area contributed by atoms with E-state index in [1.807, 2.05) is 6.92 Å². The van der Waals surface area contributed by atoms with Gasteiger partial charge < -0.3 is 24.5 Å². The highest BCUT2D eigenvalue weighted by Crippen LogP contribution is 2.43. The molecule has 1 aliphatic rings. The van der Waals surface area contributed by atoms with Gasteiger partial charge in [0.15, 0.2) is 16.7 Å². The molecule has 0 fully saturated rings. The monoisotopic (exact) mass is 405 g/mol. The average molecular weight is 405 g/mol. The minimum Gasteiger partial charge on any atom is -0.493 e. The van der Waals surface area contributed by atoms with Crippen molar-refractivity contribution < 1.29 is 19.0 Å². The molecular weight excluding hydrogens is 382 g/mol. The van der Waals surface area contributed by atoms with Gasteiger partial charge in [-0.15, -0.1) is 0 Å². The van der Waals surface area contributed by atoms with Gasteiger partial charge in [-0.3, -0.25) is 9.59 Å². The van der Waals surface area contributed by atoms with Gasteiger partial charge in [-0.2, -0.15) is 0 Å². The first-order valence-electron chi connectivity index (χ1n) is 8.89. The summed E-state index contributed by atoms with van der Waals surface area (Å²) < 4.78 is 16.2. The summed E-state index contributed by atoms with van der Waals surface area (Å²) in [5, 5.41) is 3.22. The largest absolute Gasteiger partial charge is 0.493 e. The molecule has 0 unspecified atom stereocenters. The van der Waals surface area contributed by atoms with Gasteiger partial charge in [0.2, 0.25) is 11.7 Å². The van der Waals surface area contributed by atoms with Crippen molar-refractivity contribution in [3.05, 3.63) is 33.6 Å². The first-order chi connectivity index (χ1) is 13.5. The van der Waals surface area contributed by atoms with E-state index in [1.165, 1.54) is 33.1 Å². The van der Waals surface area contributed by atoms with E-state index < -0.39 is 5.92 Å². The van der Waals surface area contributed by atoms with Crippen LogP contribution in [0.25, 0.3) is 0 Å². The second-order valence-electron chi connectivity index (χ2n) is 6.25. The van der Waals surface area contributed by atoms with Gasteiger partial charge in [-0.25, -0.2) is 4.98 Å². The summed E-state index contributed by atoms with van der Waals surface area (Å²) in [6, 6.07) is 3.52. The molecular formula is C19H23N3O5S. The number of thioether (sulfide) groups is 1. The number of ether oxygens (including phenoxy) is 3. The van der Waals surface area contributed by atoms with Crippen molar-refractivity contribution in [1.82, 2.24) is 9.97 Å². The predicted molar refractivity (Wildman–Crippen MR) is 107 cm³/mol. The van der Waals surface area contributed by atoms with E-state index in [9.17, 15) is 9.59 Å². The molecule has 1 aromatic carbocycles. The normalized spacial score (nSPS) is 15.6. The average Bonchev–Trinajstić information content (AvgIpc) is 2.69. The maximum Gasteiger partial charge on any atom is 0.257 e. The van der Waals surface area contributed by atoms with Crippen LogP contribution in [0.3, 0.4) is 0 Å². The van der Waals surface area contributed by atoms with Crippen molar-refractivity contribution in [3.8, 4) is 17.2 Å². The summed E-state index contributed by atoms with van der Waals surface area (Å²) in [4.78, 5) is 32.4. The Morgan fingerprint density at radius 1 is 1.14 bits per heavy atom. The van der Waals surface area contributed by atoms with Crippen LogP contribution in [0.1, 0.15) is 36.8 Å². The Morgan fingerprint density at radius 3 is 2.39 bits per heavy atom. The zero-order chi connectivity index (χ0) is 20.3. The third kappa shape index (κ3) is 3.80. The number of hydrogen-bond acceptors (Lipinski definition) is 7. The van der Waals surface area contributed by atoms with Crippen molar-refractivity contribution in [2.24, 2.45) is 0 Å². The number of fused-ring (bicyclic) bond motifs is 1. The zero-order valence-electron chi connectivity index (χ0n) is 16.3. The molecule has 0 bridgehead atoms. The summed E-state index contributed by atoms with van der Waals surface area (Å²) in [6.45, 7) is 2.05. The number of carbonyl (C=O) groups is 1. The fourth-order valence-electron chi connectivity index (χ4n) is 3.20. The minimum absolute atomic E-state index is 0.123. The quantitative estimate of drug-likeness (QED) is 0.539. The molecule has 1 atom stereocenters. The second kappa shape index (κ2) is 8.55. The van der Waals surface area contributed by atoms with E-state index in [0.29, 0.717) is 39.3 Å². The molecule has 3 rings (SSSR count). The number of nitrogens with zero attached hydrogens (tertiary/aromatic N) is 1. The molecule has 1 amide bonds. The van der Waals surface area contributed by atoms with Crippen LogP contribution in [0.15, 0.2) is 22.1 Å². The van der Waals surface area contributed by atoms with Crippen molar-refractivity contribution in [2.75, 3.05) is 32.4 Å². The second-order valence-corrected chi connectivity index (χ2v) is 7.33. The van der Waals surface area contributed by atoms with Crippen LogP contribution in [0.4, 0.5) is 5.82 Å². The summed E-state index contributed by atoms with van der Waals surface area (Å²) in [5.74, 6) is 1.83. The molecule has 1 aromatic heterocycles. The van der Waals surface area contributed by atoms with Crippen LogP contribution in [-0.4, -0.2) is 43.0 Å². The highest BCUT2D eigenvalue weighted by atomic mass is 32.2. The van der Waals surface area contributed by atoms with Gasteiger partial charge in [0.1, 0.15) is 5.82 Å². The number of H-pyrrole nitrogens is 1. The van der Waals surface area contributed by atoms with Crippen molar-refractivity contribution >= 4 is 23.5 Å². The molecule has 0 spiro atoms. The van der Waals surface area contributed by atoms with Crippen LogP contribution in [-0.2, 0) is 4.79 Å². The number of hydrogen-bond donors (Lipinski definition) is 2. The van der Waals surface area contributed by atoms with Crippen LogP contribution < -0.4 is 25.1 Å². The Bertz CT molecular complexity index is 919. The van der Waals surface area contributed by atoms with Crippen LogP contribution in [0.5, 0.6) is 17.2 Å². The molecule has 1 aliphatic heterocycles. The summed E-state index contributed by atoms with van der Waals surface area (Å²) >= 11 is 1.45. The van der Waals surface area contributed by atoms with Crippen molar-refractivity contribution in [2.45, 2.75) is 30.8 Å². The maximum atomic E-state index is 12.8. The topological polar surface area (TPSA) is 103 Å². The van der Waals surface area contributed by atoms with Crippen LogP contribution in [0, 0.1) is 0 Å². The SMILES string of the molecule is CCCSc1nc2c(c(=O)[nH]1)[C@H](c1cc(OC)c(OC)c(OC)c1)CC(=O)N2. The summed E-state index contributed by atoms with van der Waals surface area (Å²) in [5.41, 5.74) is 0.879. The fraction of sp³-hybridized carbons (Fsp3) is 0.421.